The van der Waals surface area contributed by atoms with Crippen LogP contribution in [0.3, 0.4) is 0 Å². The summed E-state index contributed by atoms with van der Waals surface area (Å²) in [5.74, 6) is -0.371. The van der Waals surface area contributed by atoms with Gasteiger partial charge in [0.1, 0.15) is 0 Å². The van der Waals surface area contributed by atoms with Crippen molar-refractivity contribution in [2.75, 3.05) is 19.7 Å². The second kappa shape index (κ2) is 9.55. The monoisotopic (exact) mass is 306 g/mol. The largest absolute Gasteiger partial charge is 0.466 e. The number of amides is 2. The maximum absolute atomic E-state index is 11.9. The number of benzene rings is 1. The molecule has 0 aliphatic heterocycles. The second-order valence-corrected chi connectivity index (χ2v) is 4.78. The highest BCUT2D eigenvalue weighted by atomic mass is 16.5. The van der Waals surface area contributed by atoms with Crippen LogP contribution in [-0.4, -0.2) is 37.5 Å². The maximum atomic E-state index is 11.9. The van der Waals surface area contributed by atoms with Gasteiger partial charge < -0.3 is 15.4 Å². The van der Waals surface area contributed by atoms with Gasteiger partial charge in [-0.25, -0.2) is 4.79 Å². The first kappa shape index (κ1) is 17.7. The molecule has 2 N–H and O–H groups in total. The van der Waals surface area contributed by atoms with E-state index in [0.717, 1.165) is 5.56 Å². The number of esters is 1. The van der Waals surface area contributed by atoms with Crippen molar-refractivity contribution in [3.63, 3.8) is 0 Å². The zero-order valence-corrected chi connectivity index (χ0v) is 13.0. The summed E-state index contributed by atoms with van der Waals surface area (Å²) >= 11 is 0. The molecule has 6 heteroatoms. The van der Waals surface area contributed by atoms with Gasteiger partial charge in [-0.15, -0.1) is 0 Å². The fraction of sp³-hybridized carbons (Fsp3) is 0.438. The van der Waals surface area contributed by atoms with Gasteiger partial charge in [0.15, 0.2) is 5.78 Å². The Bertz CT molecular complexity index is 511. The molecule has 0 radical (unpaired) electrons. The van der Waals surface area contributed by atoms with Crippen LogP contribution in [-0.2, 0) is 9.53 Å². The minimum absolute atomic E-state index is 0.0215. The Labute approximate surface area is 130 Å². The number of aryl methyl sites for hydroxylation is 1. The molecule has 1 aromatic rings. The van der Waals surface area contributed by atoms with Crippen molar-refractivity contribution in [2.45, 2.75) is 26.7 Å². The number of hydrogen-bond donors (Lipinski definition) is 2. The number of hydrogen-bond acceptors (Lipinski definition) is 4. The first-order valence-electron chi connectivity index (χ1n) is 7.30. The van der Waals surface area contributed by atoms with Crippen molar-refractivity contribution >= 4 is 17.8 Å². The van der Waals surface area contributed by atoms with E-state index in [-0.39, 0.29) is 37.7 Å². The number of Topliss-reactive ketones (excluding diaryl/α,β-unsaturated/α-hetero) is 1. The van der Waals surface area contributed by atoms with Gasteiger partial charge in [-0.3, -0.25) is 9.59 Å². The Hall–Kier alpha value is -2.37. The van der Waals surface area contributed by atoms with Crippen molar-refractivity contribution in [1.29, 1.82) is 0 Å². The van der Waals surface area contributed by atoms with Crippen molar-refractivity contribution < 1.29 is 19.1 Å². The van der Waals surface area contributed by atoms with Crippen LogP contribution in [0.4, 0.5) is 4.79 Å². The molecule has 0 saturated carbocycles. The number of nitrogens with one attached hydrogen (secondary N) is 2. The van der Waals surface area contributed by atoms with Crippen LogP contribution < -0.4 is 10.6 Å². The molecule has 0 aromatic heterocycles. The van der Waals surface area contributed by atoms with E-state index < -0.39 is 6.03 Å². The summed E-state index contributed by atoms with van der Waals surface area (Å²) in [7, 11) is 0. The summed E-state index contributed by atoms with van der Waals surface area (Å²) in [6.45, 7) is 4.46. The third kappa shape index (κ3) is 6.88. The Kier molecular flexibility index (Phi) is 7.67. The number of urea groups is 1. The zero-order chi connectivity index (χ0) is 16.4. The third-order valence-electron chi connectivity index (χ3n) is 2.93. The molecule has 0 heterocycles. The molecule has 0 fully saturated rings. The minimum atomic E-state index is -0.402. The first-order chi connectivity index (χ1) is 10.5. The molecule has 2 amide bonds. The van der Waals surface area contributed by atoms with Gasteiger partial charge in [-0.2, -0.15) is 0 Å². The highest BCUT2D eigenvalue weighted by molar-refractivity contribution is 5.96. The third-order valence-corrected chi connectivity index (χ3v) is 2.93. The van der Waals surface area contributed by atoms with Crippen LogP contribution in [0.2, 0.25) is 0 Å². The molecule has 0 aliphatic carbocycles. The topological polar surface area (TPSA) is 84.5 Å². The van der Waals surface area contributed by atoms with E-state index in [1.807, 2.05) is 19.1 Å². The lowest BCUT2D eigenvalue weighted by Crippen LogP contribution is -2.37. The Balaban J connectivity index is 2.18. The minimum Gasteiger partial charge on any atom is -0.466 e. The van der Waals surface area contributed by atoms with E-state index in [4.69, 9.17) is 4.74 Å². The maximum Gasteiger partial charge on any atom is 0.314 e. The van der Waals surface area contributed by atoms with E-state index in [2.05, 4.69) is 10.6 Å². The molecule has 6 nitrogen and oxygen atoms in total. The molecular formula is C16H22N2O4. The van der Waals surface area contributed by atoms with Gasteiger partial charge in [-0.05, 0) is 13.8 Å². The summed E-state index contributed by atoms with van der Waals surface area (Å²) in [5.41, 5.74) is 1.73. The average Bonchev–Trinajstić information content (AvgIpc) is 2.48. The van der Waals surface area contributed by atoms with E-state index in [1.165, 1.54) is 0 Å². The molecule has 0 aliphatic rings. The van der Waals surface area contributed by atoms with Crippen molar-refractivity contribution in [1.82, 2.24) is 10.6 Å². The summed E-state index contributed by atoms with van der Waals surface area (Å²) in [6.07, 6.45) is 0.359. The molecule has 1 aromatic carbocycles. The molecule has 0 unspecified atom stereocenters. The molecule has 1 rings (SSSR count). The predicted molar refractivity (Wildman–Crippen MR) is 82.8 cm³/mol. The molecule has 0 bridgehead atoms. The Morgan fingerprint density at radius 1 is 1.00 bits per heavy atom. The normalized spacial score (nSPS) is 9.91. The summed E-state index contributed by atoms with van der Waals surface area (Å²) < 4.78 is 4.74. The molecule has 0 spiro atoms. The zero-order valence-electron chi connectivity index (χ0n) is 13.0. The highest BCUT2D eigenvalue weighted by Crippen LogP contribution is 2.05. The number of carbonyl (C=O) groups excluding carboxylic acids is 3. The number of carbonyl (C=O) groups is 3. The summed E-state index contributed by atoms with van der Waals surface area (Å²) in [5, 5.41) is 5.11. The number of ketones is 1. The standard InChI is InChI=1S/C16H22N2O4/c1-3-22-15(20)9-11-18-16(21)17-10-8-14(19)13-6-4-12(2)5-7-13/h4-7H,3,8-11H2,1-2H3,(H2,17,18,21). The molecule has 0 atom stereocenters. The molecule has 22 heavy (non-hydrogen) atoms. The van der Waals surface area contributed by atoms with Crippen LogP contribution in [0.25, 0.3) is 0 Å². The quantitative estimate of drug-likeness (QED) is 0.567. The van der Waals surface area contributed by atoms with Crippen LogP contribution in [0.15, 0.2) is 24.3 Å². The van der Waals surface area contributed by atoms with Crippen LogP contribution in [0.5, 0.6) is 0 Å². The second-order valence-electron chi connectivity index (χ2n) is 4.78. The lowest BCUT2D eigenvalue weighted by Gasteiger charge is -2.07. The average molecular weight is 306 g/mol. The fourth-order valence-electron chi connectivity index (χ4n) is 1.75. The van der Waals surface area contributed by atoms with Crippen molar-refractivity contribution in [3.05, 3.63) is 35.4 Å². The summed E-state index contributed by atoms with van der Waals surface area (Å²) in [6, 6.07) is 6.90. The van der Waals surface area contributed by atoms with Gasteiger partial charge in [0, 0.05) is 25.1 Å². The van der Waals surface area contributed by atoms with Gasteiger partial charge in [-0.1, -0.05) is 29.8 Å². The number of rotatable bonds is 8. The smallest absolute Gasteiger partial charge is 0.314 e. The number of ether oxygens (including phenoxy) is 1. The van der Waals surface area contributed by atoms with Gasteiger partial charge in [0.05, 0.1) is 13.0 Å². The van der Waals surface area contributed by atoms with E-state index >= 15 is 0 Å². The van der Waals surface area contributed by atoms with Crippen LogP contribution in [0, 0.1) is 6.92 Å². The Morgan fingerprint density at radius 2 is 1.59 bits per heavy atom. The van der Waals surface area contributed by atoms with E-state index in [0.29, 0.717) is 12.2 Å². The van der Waals surface area contributed by atoms with Gasteiger partial charge in [0.25, 0.3) is 0 Å². The molecule has 120 valence electrons. The fourth-order valence-corrected chi connectivity index (χ4v) is 1.75. The van der Waals surface area contributed by atoms with Gasteiger partial charge >= 0.3 is 12.0 Å². The SMILES string of the molecule is CCOC(=O)CCNC(=O)NCCC(=O)c1ccc(C)cc1. The first-order valence-corrected chi connectivity index (χ1v) is 7.30. The lowest BCUT2D eigenvalue weighted by molar-refractivity contribution is -0.142. The predicted octanol–water partition coefficient (Wildman–Crippen LogP) is 1.82. The molecular weight excluding hydrogens is 284 g/mol. The van der Waals surface area contributed by atoms with Crippen LogP contribution >= 0.6 is 0 Å². The summed E-state index contributed by atoms with van der Waals surface area (Å²) in [4.78, 5) is 34.4. The Morgan fingerprint density at radius 3 is 2.18 bits per heavy atom. The van der Waals surface area contributed by atoms with Crippen LogP contribution in [0.1, 0.15) is 35.7 Å². The van der Waals surface area contributed by atoms with E-state index in [9.17, 15) is 14.4 Å². The van der Waals surface area contributed by atoms with Crippen molar-refractivity contribution in [3.8, 4) is 0 Å². The lowest BCUT2D eigenvalue weighted by atomic mass is 10.1. The molecule has 0 saturated heterocycles. The van der Waals surface area contributed by atoms with Gasteiger partial charge in [0.2, 0.25) is 0 Å². The van der Waals surface area contributed by atoms with E-state index in [1.54, 1.807) is 19.1 Å². The van der Waals surface area contributed by atoms with Crippen molar-refractivity contribution in [2.24, 2.45) is 0 Å². The highest BCUT2D eigenvalue weighted by Gasteiger charge is 2.07.